The van der Waals surface area contributed by atoms with E-state index in [0.717, 1.165) is 18.6 Å². The highest BCUT2D eigenvalue weighted by molar-refractivity contribution is 5.79. The normalized spacial score (nSPS) is 17.7. The monoisotopic (exact) mass is 233 g/mol. The van der Waals surface area contributed by atoms with Crippen LogP contribution < -0.4 is 0 Å². The molecule has 17 heavy (non-hydrogen) atoms. The summed E-state index contributed by atoms with van der Waals surface area (Å²) in [7, 11) is 0. The molecule has 0 bridgehead atoms. The number of nitrogens with zero attached hydrogens (tertiary/aromatic N) is 1. The van der Waals surface area contributed by atoms with E-state index in [2.05, 4.69) is 6.07 Å². The summed E-state index contributed by atoms with van der Waals surface area (Å²) in [6, 6.07) is 5.70. The highest BCUT2D eigenvalue weighted by Crippen LogP contribution is 2.45. The van der Waals surface area contributed by atoms with E-state index in [1.54, 1.807) is 0 Å². The fourth-order valence-corrected chi connectivity index (χ4v) is 2.24. The van der Waals surface area contributed by atoms with Crippen LogP contribution in [0.15, 0.2) is 22.6 Å². The summed E-state index contributed by atoms with van der Waals surface area (Å²) in [5, 5.41) is 9.40. The molecular weight excluding hydrogens is 224 g/mol. The summed E-state index contributed by atoms with van der Waals surface area (Å²) in [4.78, 5) is 0. The van der Waals surface area contributed by atoms with Crippen LogP contribution in [-0.2, 0) is 5.41 Å². The van der Waals surface area contributed by atoms with E-state index in [1.165, 1.54) is 6.07 Å². The van der Waals surface area contributed by atoms with Crippen molar-refractivity contribution in [3.63, 3.8) is 0 Å². The molecule has 1 aromatic carbocycles. The number of hydrogen-bond donors (Lipinski definition) is 0. The Bertz CT molecular complexity index is 635. The molecule has 4 heteroatoms. The van der Waals surface area contributed by atoms with Gasteiger partial charge < -0.3 is 4.42 Å². The molecule has 86 valence electrons. The number of benzene rings is 1. The van der Waals surface area contributed by atoms with Crippen molar-refractivity contribution in [3.8, 4) is 6.07 Å². The largest absolute Gasteiger partial charge is 0.459 e. The van der Waals surface area contributed by atoms with Gasteiger partial charge in [0.1, 0.15) is 28.4 Å². The van der Waals surface area contributed by atoms with E-state index in [9.17, 15) is 8.78 Å². The third-order valence-corrected chi connectivity index (χ3v) is 3.44. The van der Waals surface area contributed by atoms with Gasteiger partial charge in [-0.25, -0.2) is 8.78 Å². The van der Waals surface area contributed by atoms with Gasteiger partial charge in [0.15, 0.2) is 0 Å². The van der Waals surface area contributed by atoms with Crippen molar-refractivity contribution in [2.75, 3.05) is 0 Å². The maximum absolute atomic E-state index is 13.5. The number of halogens is 2. The first kappa shape index (κ1) is 10.3. The molecule has 2 nitrogen and oxygen atoms in total. The molecule has 3 rings (SSSR count). The van der Waals surface area contributed by atoms with E-state index in [-0.39, 0.29) is 11.0 Å². The highest BCUT2D eigenvalue weighted by Gasteiger charge is 2.42. The Morgan fingerprint density at radius 1 is 1.24 bits per heavy atom. The summed E-state index contributed by atoms with van der Waals surface area (Å²) in [6.45, 7) is 0. The lowest BCUT2D eigenvalue weighted by atomic mass is 9.68. The number of nitriles is 1. The number of furan rings is 1. The molecule has 1 aromatic heterocycles. The van der Waals surface area contributed by atoms with Gasteiger partial charge in [-0.3, -0.25) is 0 Å². The molecule has 1 aliphatic carbocycles. The van der Waals surface area contributed by atoms with Crippen LogP contribution in [-0.4, -0.2) is 0 Å². The molecule has 0 atom stereocenters. The Labute approximate surface area is 96.4 Å². The van der Waals surface area contributed by atoms with Crippen LogP contribution in [0.5, 0.6) is 0 Å². The maximum Gasteiger partial charge on any atom is 0.140 e. The minimum Gasteiger partial charge on any atom is -0.459 e. The average Bonchev–Trinajstić information content (AvgIpc) is 2.61. The fourth-order valence-electron chi connectivity index (χ4n) is 2.24. The molecule has 1 fully saturated rings. The second-order valence-corrected chi connectivity index (χ2v) is 4.46. The lowest BCUT2D eigenvalue weighted by Crippen LogP contribution is -2.31. The summed E-state index contributed by atoms with van der Waals surface area (Å²) in [6.07, 6.45) is 2.39. The van der Waals surface area contributed by atoms with E-state index >= 15 is 0 Å². The van der Waals surface area contributed by atoms with Gasteiger partial charge in [-0.2, -0.15) is 5.26 Å². The smallest absolute Gasteiger partial charge is 0.140 e. The molecule has 0 unspecified atom stereocenters. The quantitative estimate of drug-likeness (QED) is 0.753. The highest BCUT2D eigenvalue weighted by atomic mass is 19.1. The van der Waals surface area contributed by atoms with Gasteiger partial charge in [0.2, 0.25) is 0 Å². The predicted octanol–water partition coefficient (Wildman–Crippen LogP) is 3.66. The summed E-state index contributed by atoms with van der Waals surface area (Å²) < 4.78 is 31.9. The predicted molar refractivity (Wildman–Crippen MR) is 57.3 cm³/mol. The standard InChI is InChI=1S/C13H9F2NO/c14-8-4-10(15)9-6-12(17-11(9)5-8)13(7-16)2-1-3-13/h4-6H,1-3H2. The van der Waals surface area contributed by atoms with E-state index < -0.39 is 17.0 Å². The van der Waals surface area contributed by atoms with Crippen molar-refractivity contribution >= 4 is 11.0 Å². The number of hydrogen-bond acceptors (Lipinski definition) is 2. The first-order chi connectivity index (χ1) is 8.14. The molecule has 0 radical (unpaired) electrons. The van der Waals surface area contributed by atoms with Gasteiger partial charge in [0, 0.05) is 12.1 Å². The van der Waals surface area contributed by atoms with Gasteiger partial charge in [0.25, 0.3) is 0 Å². The van der Waals surface area contributed by atoms with Gasteiger partial charge in [0.05, 0.1) is 11.5 Å². The van der Waals surface area contributed by atoms with Crippen molar-refractivity contribution in [2.45, 2.75) is 24.7 Å². The Morgan fingerprint density at radius 3 is 2.59 bits per heavy atom. The summed E-state index contributed by atoms with van der Waals surface area (Å²) >= 11 is 0. The molecule has 1 saturated carbocycles. The molecule has 0 spiro atoms. The van der Waals surface area contributed by atoms with Crippen molar-refractivity contribution in [1.82, 2.24) is 0 Å². The molecule has 2 aromatic rings. The minimum atomic E-state index is -0.671. The zero-order valence-electron chi connectivity index (χ0n) is 8.96. The lowest BCUT2D eigenvalue weighted by molar-refractivity contribution is 0.274. The van der Waals surface area contributed by atoms with Crippen LogP contribution in [0.4, 0.5) is 8.78 Å². The van der Waals surface area contributed by atoms with Gasteiger partial charge in [-0.1, -0.05) is 0 Å². The minimum absolute atomic E-state index is 0.166. The first-order valence-electron chi connectivity index (χ1n) is 5.45. The lowest BCUT2D eigenvalue weighted by Gasteiger charge is -2.32. The van der Waals surface area contributed by atoms with Crippen LogP contribution in [0.25, 0.3) is 11.0 Å². The Hall–Kier alpha value is -1.89. The summed E-state index contributed by atoms with van der Waals surface area (Å²) in [5.74, 6) is -0.872. The molecule has 0 N–H and O–H groups in total. The average molecular weight is 233 g/mol. The molecule has 1 heterocycles. The van der Waals surface area contributed by atoms with Crippen molar-refractivity contribution < 1.29 is 13.2 Å². The zero-order valence-corrected chi connectivity index (χ0v) is 8.96. The number of rotatable bonds is 1. The SMILES string of the molecule is N#CC1(c2cc3c(F)cc(F)cc3o2)CCC1. The molecule has 0 saturated heterocycles. The Balaban J connectivity index is 2.21. The van der Waals surface area contributed by atoms with Gasteiger partial charge in [-0.15, -0.1) is 0 Å². The second-order valence-electron chi connectivity index (χ2n) is 4.46. The van der Waals surface area contributed by atoms with Gasteiger partial charge >= 0.3 is 0 Å². The van der Waals surface area contributed by atoms with Crippen LogP contribution in [0.3, 0.4) is 0 Å². The molecule has 0 aliphatic heterocycles. The fraction of sp³-hybridized carbons (Fsp3) is 0.308. The van der Waals surface area contributed by atoms with Crippen LogP contribution in [0, 0.1) is 23.0 Å². The summed E-state index contributed by atoms with van der Waals surface area (Å²) in [5.41, 5.74) is -0.471. The maximum atomic E-state index is 13.5. The third-order valence-electron chi connectivity index (χ3n) is 3.44. The molecule has 0 amide bonds. The second kappa shape index (κ2) is 3.30. The van der Waals surface area contributed by atoms with Crippen LogP contribution >= 0.6 is 0 Å². The molecular formula is C13H9F2NO. The van der Waals surface area contributed by atoms with Gasteiger partial charge in [-0.05, 0) is 25.3 Å². The van der Waals surface area contributed by atoms with Crippen molar-refractivity contribution in [2.24, 2.45) is 0 Å². The van der Waals surface area contributed by atoms with Crippen LogP contribution in [0.1, 0.15) is 25.0 Å². The first-order valence-corrected chi connectivity index (χ1v) is 5.45. The van der Waals surface area contributed by atoms with Crippen molar-refractivity contribution in [1.29, 1.82) is 5.26 Å². The van der Waals surface area contributed by atoms with E-state index in [1.807, 2.05) is 0 Å². The van der Waals surface area contributed by atoms with Crippen LogP contribution in [0.2, 0.25) is 0 Å². The zero-order chi connectivity index (χ0) is 12.0. The third kappa shape index (κ3) is 1.35. The van der Waals surface area contributed by atoms with Crippen molar-refractivity contribution in [3.05, 3.63) is 35.6 Å². The van der Waals surface area contributed by atoms with E-state index in [4.69, 9.17) is 9.68 Å². The topological polar surface area (TPSA) is 36.9 Å². The number of fused-ring (bicyclic) bond motifs is 1. The Morgan fingerprint density at radius 2 is 2.00 bits per heavy atom. The van der Waals surface area contributed by atoms with E-state index in [0.29, 0.717) is 18.6 Å². The Kier molecular flexibility index (Phi) is 1.99. The molecule has 1 aliphatic rings.